The zero-order valence-electron chi connectivity index (χ0n) is 11.9. The molecule has 1 aliphatic rings. The zero-order chi connectivity index (χ0) is 15.3. The highest BCUT2D eigenvalue weighted by Gasteiger charge is 2.48. The van der Waals surface area contributed by atoms with Gasteiger partial charge >= 0.3 is 11.9 Å². The van der Waals surface area contributed by atoms with Crippen LogP contribution in [0.5, 0.6) is 0 Å². The van der Waals surface area contributed by atoms with Gasteiger partial charge in [0.25, 0.3) is 0 Å². The molecule has 0 radical (unpaired) electrons. The number of amides is 1. The molecule has 0 aromatic heterocycles. The van der Waals surface area contributed by atoms with Crippen molar-refractivity contribution >= 4 is 17.8 Å². The Morgan fingerprint density at radius 1 is 1.15 bits per heavy atom. The van der Waals surface area contributed by atoms with Crippen LogP contribution in [0, 0.1) is 0 Å². The molecular weight excluding hydrogens is 270 g/mol. The fraction of sp³-hybridized carbons (Fsp3) is 0.750. The van der Waals surface area contributed by atoms with Gasteiger partial charge in [-0.1, -0.05) is 0 Å². The molecule has 1 N–H and O–H groups in total. The minimum Gasteiger partial charge on any atom is -0.463 e. The van der Waals surface area contributed by atoms with Crippen LogP contribution in [0.3, 0.4) is 0 Å². The molecule has 1 fully saturated rings. The summed E-state index contributed by atoms with van der Waals surface area (Å²) in [4.78, 5) is 33.2. The minimum absolute atomic E-state index is 0.0715. The Kier molecular flexibility index (Phi) is 5.90. The lowest BCUT2D eigenvalue weighted by Gasteiger charge is -2.23. The number of carbonyl (C=O) groups is 3. The lowest BCUT2D eigenvalue weighted by Crippen LogP contribution is -2.50. The molecule has 1 aliphatic heterocycles. The van der Waals surface area contributed by atoms with Crippen molar-refractivity contribution in [2.45, 2.75) is 45.3 Å². The van der Waals surface area contributed by atoms with E-state index in [4.69, 9.17) is 18.9 Å². The number of ether oxygens (including phenoxy) is 4. The van der Waals surface area contributed by atoms with Gasteiger partial charge in [-0.25, -0.2) is 0 Å². The summed E-state index contributed by atoms with van der Waals surface area (Å²) < 4.78 is 20.6. The summed E-state index contributed by atoms with van der Waals surface area (Å²) in [5.41, 5.74) is 0. The second-order valence-electron chi connectivity index (χ2n) is 4.38. The first kappa shape index (κ1) is 16.4. The van der Waals surface area contributed by atoms with E-state index >= 15 is 0 Å². The van der Waals surface area contributed by atoms with Gasteiger partial charge in [0.1, 0.15) is 18.8 Å². The van der Waals surface area contributed by atoms with Crippen LogP contribution < -0.4 is 5.32 Å². The molecule has 8 nitrogen and oxygen atoms in total. The predicted molar refractivity (Wildman–Crippen MR) is 65.5 cm³/mol. The molecule has 0 aliphatic carbocycles. The van der Waals surface area contributed by atoms with E-state index in [0.717, 1.165) is 0 Å². The Hall–Kier alpha value is -1.67. The molecule has 1 rings (SSSR count). The Morgan fingerprint density at radius 3 is 2.25 bits per heavy atom. The Balaban J connectivity index is 2.84. The topological polar surface area (TPSA) is 100 Å². The third-order valence-electron chi connectivity index (χ3n) is 2.69. The number of rotatable bonds is 5. The molecule has 4 atom stereocenters. The van der Waals surface area contributed by atoms with Gasteiger partial charge in [0.15, 0.2) is 12.4 Å². The summed E-state index contributed by atoms with van der Waals surface area (Å²) in [7, 11) is 1.39. The highest BCUT2D eigenvalue weighted by atomic mass is 16.7. The van der Waals surface area contributed by atoms with Gasteiger partial charge in [0.05, 0.1) is 0 Å². The van der Waals surface area contributed by atoms with Gasteiger partial charge < -0.3 is 24.3 Å². The van der Waals surface area contributed by atoms with Crippen molar-refractivity contribution in [2.24, 2.45) is 0 Å². The molecular formula is C12H19NO7. The van der Waals surface area contributed by atoms with Crippen LogP contribution >= 0.6 is 0 Å². The summed E-state index contributed by atoms with van der Waals surface area (Å²) in [5.74, 6) is -1.32. The maximum absolute atomic E-state index is 11.3. The van der Waals surface area contributed by atoms with Crippen molar-refractivity contribution in [3.05, 3.63) is 0 Å². The monoisotopic (exact) mass is 289 g/mol. The first-order valence-corrected chi connectivity index (χ1v) is 6.11. The molecule has 0 aromatic carbocycles. The van der Waals surface area contributed by atoms with Gasteiger partial charge in [-0.05, 0) is 0 Å². The maximum Gasteiger partial charge on any atom is 0.303 e. The first-order valence-electron chi connectivity index (χ1n) is 6.11. The molecule has 0 saturated carbocycles. The molecule has 1 saturated heterocycles. The number of hydrogen-bond donors (Lipinski definition) is 1. The van der Waals surface area contributed by atoms with Gasteiger partial charge in [0.2, 0.25) is 5.91 Å². The summed E-state index contributed by atoms with van der Waals surface area (Å²) in [6.07, 6.45) is -2.30. The number of esters is 2. The largest absolute Gasteiger partial charge is 0.463 e. The van der Waals surface area contributed by atoms with E-state index < -0.39 is 36.5 Å². The highest BCUT2D eigenvalue weighted by Crippen LogP contribution is 2.25. The lowest BCUT2D eigenvalue weighted by molar-refractivity contribution is -0.179. The van der Waals surface area contributed by atoms with Crippen molar-refractivity contribution in [2.75, 3.05) is 13.7 Å². The van der Waals surface area contributed by atoms with E-state index in [1.807, 2.05) is 0 Å². The SMILES string of the molecule is CO[C@@H]1O[C@H](COC(C)=O)[C@@H](NC(C)=O)[C@H]1OC(C)=O. The van der Waals surface area contributed by atoms with Crippen LogP contribution in [0.1, 0.15) is 20.8 Å². The molecule has 0 bridgehead atoms. The molecule has 0 spiro atoms. The Bertz CT molecular complexity index is 384. The molecule has 8 heteroatoms. The van der Waals surface area contributed by atoms with E-state index in [9.17, 15) is 14.4 Å². The Morgan fingerprint density at radius 2 is 1.80 bits per heavy atom. The Labute approximate surface area is 116 Å². The zero-order valence-corrected chi connectivity index (χ0v) is 11.9. The number of carbonyl (C=O) groups excluding carboxylic acids is 3. The van der Waals surface area contributed by atoms with Crippen LogP contribution in [0.2, 0.25) is 0 Å². The molecule has 114 valence electrons. The summed E-state index contributed by atoms with van der Waals surface area (Å²) in [6.45, 7) is 3.77. The normalized spacial score (nSPS) is 28.8. The van der Waals surface area contributed by atoms with Gasteiger partial charge in [-0.3, -0.25) is 14.4 Å². The molecule has 0 unspecified atom stereocenters. The van der Waals surface area contributed by atoms with Gasteiger partial charge in [0, 0.05) is 27.9 Å². The fourth-order valence-corrected chi connectivity index (χ4v) is 1.98. The quantitative estimate of drug-likeness (QED) is 0.672. The summed E-state index contributed by atoms with van der Waals surface area (Å²) in [5, 5.41) is 2.62. The van der Waals surface area contributed by atoms with E-state index in [1.165, 1.54) is 27.9 Å². The molecule has 1 amide bonds. The number of methoxy groups -OCH3 is 1. The summed E-state index contributed by atoms with van der Waals surface area (Å²) >= 11 is 0. The average Bonchev–Trinajstić information content (AvgIpc) is 2.63. The lowest BCUT2D eigenvalue weighted by atomic mass is 10.1. The van der Waals surface area contributed by atoms with Crippen LogP contribution in [0.25, 0.3) is 0 Å². The summed E-state index contributed by atoms with van der Waals surface area (Å²) in [6, 6.07) is -0.652. The van der Waals surface area contributed by atoms with Crippen LogP contribution in [-0.2, 0) is 33.3 Å². The van der Waals surface area contributed by atoms with Crippen molar-refractivity contribution in [1.82, 2.24) is 5.32 Å². The minimum atomic E-state index is -0.837. The molecule has 0 aromatic rings. The van der Waals surface area contributed by atoms with E-state index in [0.29, 0.717) is 0 Å². The van der Waals surface area contributed by atoms with Crippen LogP contribution in [0.4, 0.5) is 0 Å². The average molecular weight is 289 g/mol. The number of nitrogens with one attached hydrogen (secondary N) is 1. The second-order valence-corrected chi connectivity index (χ2v) is 4.38. The van der Waals surface area contributed by atoms with Crippen LogP contribution in [-0.4, -0.2) is 56.1 Å². The standard InChI is InChI=1S/C12H19NO7/c1-6(14)13-10-9(5-18-7(2)15)20-12(17-4)11(10)19-8(3)16/h9-12H,5H2,1-4H3,(H,13,14)/t9-,10-,11-,12-/m1/s1. The third-order valence-corrected chi connectivity index (χ3v) is 2.69. The van der Waals surface area contributed by atoms with Crippen molar-refractivity contribution in [3.63, 3.8) is 0 Å². The highest BCUT2D eigenvalue weighted by molar-refractivity contribution is 5.73. The van der Waals surface area contributed by atoms with E-state index in [-0.39, 0.29) is 12.5 Å². The first-order chi connectivity index (χ1) is 9.35. The number of hydrogen-bond acceptors (Lipinski definition) is 7. The maximum atomic E-state index is 11.3. The molecule has 20 heavy (non-hydrogen) atoms. The van der Waals surface area contributed by atoms with E-state index in [2.05, 4.69) is 5.32 Å². The fourth-order valence-electron chi connectivity index (χ4n) is 1.98. The third kappa shape index (κ3) is 4.46. The van der Waals surface area contributed by atoms with E-state index in [1.54, 1.807) is 0 Å². The van der Waals surface area contributed by atoms with Crippen LogP contribution in [0.15, 0.2) is 0 Å². The van der Waals surface area contributed by atoms with Gasteiger partial charge in [-0.15, -0.1) is 0 Å². The van der Waals surface area contributed by atoms with Crippen molar-refractivity contribution < 1.29 is 33.3 Å². The molecule has 1 heterocycles. The smallest absolute Gasteiger partial charge is 0.303 e. The predicted octanol–water partition coefficient (Wildman–Crippen LogP) is -0.643. The van der Waals surface area contributed by atoms with Crippen molar-refractivity contribution in [3.8, 4) is 0 Å². The van der Waals surface area contributed by atoms with Crippen molar-refractivity contribution in [1.29, 1.82) is 0 Å². The van der Waals surface area contributed by atoms with Gasteiger partial charge in [-0.2, -0.15) is 0 Å². The second kappa shape index (κ2) is 7.20.